The van der Waals surface area contributed by atoms with Crippen molar-refractivity contribution >= 4 is 15.7 Å². The second kappa shape index (κ2) is 4.98. The van der Waals surface area contributed by atoms with E-state index in [0.29, 0.717) is 11.4 Å². The topological polar surface area (TPSA) is 108 Å². The molecule has 10 heteroatoms. The molecule has 0 amide bonds. The fourth-order valence-electron chi connectivity index (χ4n) is 1.73. The highest BCUT2D eigenvalue weighted by Crippen LogP contribution is 2.17. The molecule has 0 aliphatic heterocycles. The van der Waals surface area contributed by atoms with E-state index in [4.69, 9.17) is 0 Å². The quantitative estimate of drug-likeness (QED) is 0.737. The van der Waals surface area contributed by atoms with Gasteiger partial charge in [-0.3, -0.25) is 4.72 Å². The zero-order chi connectivity index (χ0) is 14.9. The molecule has 3 rings (SSSR count). The first-order valence-corrected chi connectivity index (χ1v) is 7.37. The normalized spacial score (nSPS) is 11.5. The third-order valence-electron chi connectivity index (χ3n) is 2.67. The molecule has 0 aliphatic carbocycles. The Kier molecular flexibility index (Phi) is 3.14. The van der Waals surface area contributed by atoms with Gasteiger partial charge in [0.25, 0.3) is 10.0 Å². The standard InChI is InChI=1S/C11H11N7O2S/c1-17-6-11(12-7-17)21(19,20)14-9-3-2-4-10(5-9)18-8-13-15-16-18/h2-8,14H,1H3. The van der Waals surface area contributed by atoms with Gasteiger partial charge in [-0.25, -0.2) is 9.67 Å². The van der Waals surface area contributed by atoms with Crippen LogP contribution >= 0.6 is 0 Å². The fourth-order valence-corrected chi connectivity index (χ4v) is 2.76. The molecule has 0 unspecified atom stereocenters. The van der Waals surface area contributed by atoms with Gasteiger partial charge < -0.3 is 4.57 Å². The van der Waals surface area contributed by atoms with E-state index in [2.05, 4.69) is 25.2 Å². The molecule has 0 atom stereocenters. The number of nitrogens with zero attached hydrogens (tertiary/aromatic N) is 6. The molecule has 108 valence electrons. The lowest BCUT2D eigenvalue weighted by Gasteiger charge is -2.07. The summed E-state index contributed by atoms with van der Waals surface area (Å²) in [6, 6.07) is 6.72. The average molecular weight is 305 g/mol. The van der Waals surface area contributed by atoms with E-state index in [1.165, 1.54) is 23.5 Å². The summed E-state index contributed by atoms with van der Waals surface area (Å²) in [6.45, 7) is 0. The lowest BCUT2D eigenvalue weighted by molar-refractivity contribution is 0.598. The van der Waals surface area contributed by atoms with Crippen LogP contribution in [-0.4, -0.2) is 38.2 Å². The summed E-state index contributed by atoms with van der Waals surface area (Å²) in [5.74, 6) is 0. The Hall–Kier alpha value is -2.75. The zero-order valence-electron chi connectivity index (χ0n) is 10.9. The van der Waals surface area contributed by atoms with Gasteiger partial charge in [0.2, 0.25) is 0 Å². The Morgan fingerprint density at radius 1 is 1.24 bits per heavy atom. The Balaban J connectivity index is 1.90. The molecule has 3 aromatic rings. The van der Waals surface area contributed by atoms with E-state index >= 15 is 0 Å². The van der Waals surface area contributed by atoms with Crippen LogP contribution in [-0.2, 0) is 17.1 Å². The summed E-state index contributed by atoms with van der Waals surface area (Å²) in [5.41, 5.74) is 1.04. The summed E-state index contributed by atoms with van der Waals surface area (Å²) in [7, 11) is -2.02. The van der Waals surface area contributed by atoms with Crippen molar-refractivity contribution in [3.05, 3.63) is 43.1 Å². The molecule has 1 aromatic carbocycles. The fraction of sp³-hybridized carbons (Fsp3) is 0.0909. The van der Waals surface area contributed by atoms with Gasteiger partial charge >= 0.3 is 0 Å². The van der Waals surface area contributed by atoms with E-state index < -0.39 is 10.0 Å². The lowest BCUT2D eigenvalue weighted by atomic mass is 10.3. The Bertz CT molecular complexity index is 854. The van der Waals surface area contributed by atoms with Crippen LogP contribution in [0.4, 0.5) is 5.69 Å². The predicted octanol–water partition coefficient (Wildman–Crippen LogP) is 0.197. The maximum atomic E-state index is 12.2. The van der Waals surface area contributed by atoms with E-state index in [9.17, 15) is 8.42 Å². The maximum Gasteiger partial charge on any atom is 0.280 e. The monoisotopic (exact) mass is 305 g/mol. The van der Waals surface area contributed by atoms with Crippen molar-refractivity contribution in [3.8, 4) is 5.69 Å². The van der Waals surface area contributed by atoms with Crippen molar-refractivity contribution in [2.24, 2.45) is 7.05 Å². The molecule has 1 N–H and O–H groups in total. The minimum Gasteiger partial charge on any atom is -0.339 e. The van der Waals surface area contributed by atoms with Gasteiger partial charge in [-0.05, 0) is 28.6 Å². The van der Waals surface area contributed by atoms with Crippen LogP contribution in [0, 0.1) is 0 Å². The lowest BCUT2D eigenvalue weighted by Crippen LogP contribution is -2.13. The highest BCUT2D eigenvalue weighted by atomic mass is 32.2. The van der Waals surface area contributed by atoms with Crippen molar-refractivity contribution in [2.75, 3.05) is 4.72 Å². The number of anilines is 1. The van der Waals surface area contributed by atoms with Gasteiger partial charge in [0, 0.05) is 13.2 Å². The summed E-state index contributed by atoms with van der Waals surface area (Å²) < 4.78 is 29.8. The van der Waals surface area contributed by atoms with Crippen LogP contribution in [0.15, 0.2) is 48.1 Å². The molecule has 0 fully saturated rings. The van der Waals surface area contributed by atoms with E-state index in [-0.39, 0.29) is 5.03 Å². The van der Waals surface area contributed by atoms with E-state index in [1.54, 1.807) is 35.9 Å². The molecule has 0 saturated heterocycles. The van der Waals surface area contributed by atoms with Crippen molar-refractivity contribution in [2.45, 2.75) is 5.03 Å². The van der Waals surface area contributed by atoms with Gasteiger partial charge in [-0.15, -0.1) is 5.10 Å². The number of hydrogen-bond donors (Lipinski definition) is 1. The molecular formula is C11H11N7O2S. The van der Waals surface area contributed by atoms with Crippen LogP contribution in [0.2, 0.25) is 0 Å². The largest absolute Gasteiger partial charge is 0.339 e. The third-order valence-corrected chi connectivity index (χ3v) is 3.93. The Morgan fingerprint density at radius 2 is 2.10 bits per heavy atom. The number of sulfonamides is 1. The van der Waals surface area contributed by atoms with Gasteiger partial charge in [0.05, 0.1) is 17.7 Å². The van der Waals surface area contributed by atoms with E-state index in [1.807, 2.05) is 0 Å². The van der Waals surface area contributed by atoms with Crippen molar-refractivity contribution < 1.29 is 8.42 Å². The number of imidazole rings is 1. The van der Waals surface area contributed by atoms with Gasteiger partial charge in [-0.1, -0.05) is 6.07 Å². The first kappa shape index (κ1) is 13.2. The number of rotatable bonds is 4. The average Bonchev–Trinajstić information content (AvgIpc) is 3.09. The molecule has 0 bridgehead atoms. The van der Waals surface area contributed by atoms with Gasteiger partial charge in [0.15, 0.2) is 5.03 Å². The van der Waals surface area contributed by atoms with Crippen LogP contribution in [0.1, 0.15) is 0 Å². The number of tetrazole rings is 1. The minimum atomic E-state index is -3.72. The molecule has 0 saturated carbocycles. The van der Waals surface area contributed by atoms with Gasteiger partial charge in [-0.2, -0.15) is 8.42 Å². The highest BCUT2D eigenvalue weighted by molar-refractivity contribution is 7.92. The molecular weight excluding hydrogens is 294 g/mol. The summed E-state index contributed by atoms with van der Waals surface area (Å²) in [4.78, 5) is 3.83. The molecule has 9 nitrogen and oxygen atoms in total. The maximum absolute atomic E-state index is 12.2. The van der Waals surface area contributed by atoms with Crippen molar-refractivity contribution in [1.82, 2.24) is 29.8 Å². The van der Waals surface area contributed by atoms with Gasteiger partial charge in [0.1, 0.15) is 6.33 Å². The number of nitrogens with one attached hydrogen (secondary N) is 1. The number of benzene rings is 1. The third kappa shape index (κ3) is 2.74. The second-order valence-corrected chi connectivity index (χ2v) is 5.92. The molecule has 0 aliphatic rings. The Labute approximate surface area is 120 Å². The van der Waals surface area contributed by atoms with Crippen LogP contribution < -0.4 is 4.72 Å². The second-order valence-electron chi connectivity index (χ2n) is 4.29. The predicted molar refractivity (Wildman–Crippen MR) is 73.2 cm³/mol. The van der Waals surface area contributed by atoms with Crippen molar-refractivity contribution in [3.63, 3.8) is 0 Å². The summed E-state index contributed by atoms with van der Waals surface area (Å²) >= 11 is 0. The van der Waals surface area contributed by atoms with Crippen LogP contribution in [0.3, 0.4) is 0 Å². The SMILES string of the molecule is Cn1cnc(S(=O)(=O)Nc2cccc(-n3cnnn3)c2)c1. The Morgan fingerprint density at radius 3 is 2.76 bits per heavy atom. The molecule has 0 radical (unpaired) electrons. The summed E-state index contributed by atoms with van der Waals surface area (Å²) in [6.07, 6.45) is 4.27. The first-order chi connectivity index (χ1) is 10.0. The number of hydrogen-bond acceptors (Lipinski definition) is 6. The molecule has 2 heterocycles. The molecule has 21 heavy (non-hydrogen) atoms. The molecule has 2 aromatic heterocycles. The number of aryl methyl sites for hydroxylation is 1. The molecule has 0 spiro atoms. The van der Waals surface area contributed by atoms with E-state index in [0.717, 1.165) is 0 Å². The van der Waals surface area contributed by atoms with Crippen LogP contribution in [0.5, 0.6) is 0 Å². The smallest absolute Gasteiger partial charge is 0.280 e. The van der Waals surface area contributed by atoms with Crippen molar-refractivity contribution in [1.29, 1.82) is 0 Å². The minimum absolute atomic E-state index is 0.0437. The zero-order valence-corrected chi connectivity index (χ0v) is 11.8. The van der Waals surface area contributed by atoms with Crippen LogP contribution in [0.25, 0.3) is 5.69 Å². The highest BCUT2D eigenvalue weighted by Gasteiger charge is 2.17. The summed E-state index contributed by atoms with van der Waals surface area (Å²) in [5, 5.41) is 10.8. The number of aromatic nitrogens is 6. The first-order valence-electron chi connectivity index (χ1n) is 5.89.